The van der Waals surface area contributed by atoms with E-state index >= 15 is 0 Å². The van der Waals surface area contributed by atoms with Crippen LogP contribution in [0.3, 0.4) is 0 Å². The first kappa shape index (κ1) is 26.0. The van der Waals surface area contributed by atoms with E-state index in [9.17, 15) is 0 Å². The number of hydrogen-bond donors (Lipinski definition) is 0. The quantitative estimate of drug-likeness (QED) is 0.166. The van der Waals surface area contributed by atoms with Gasteiger partial charge in [0.15, 0.2) is 11.5 Å². The number of anilines is 5. The Kier molecular flexibility index (Phi) is 4.94. The molecule has 5 heteroatoms. The zero-order chi connectivity index (χ0) is 31.8. The van der Waals surface area contributed by atoms with Gasteiger partial charge >= 0.3 is 6.85 Å². The Morgan fingerprint density at radius 1 is 0.510 bits per heavy atom. The predicted octanol–water partition coefficient (Wildman–Crippen LogP) is 11.2. The van der Waals surface area contributed by atoms with E-state index in [-0.39, 0.29) is 6.85 Å². The van der Waals surface area contributed by atoms with Crippen LogP contribution in [0.1, 0.15) is 0 Å². The second-order valence-corrected chi connectivity index (χ2v) is 14.4. The van der Waals surface area contributed by atoms with Crippen LogP contribution >= 0.6 is 11.3 Å². The van der Waals surface area contributed by atoms with Gasteiger partial charge < -0.3 is 14.4 Å². The lowest BCUT2D eigenvalue weighted by molar-refractivity contribution is 0.477. The highest BCUT2D eigenvalue weighted by Gasteiger charge is 2.48. The number of benzene rings is 8. The summed E-state index contributed by atoms with van der Waals surface area (Å²) in [7, 11) is 0. The monoisotopic (exact) mass is 640 g/mol. The van der Waals surface area contributed by atoms with E-state index < -0.39 is 0 Å². The molecular weight excluding hydrogens is 615 g/mol. The SMILES string of the molecule is c1ccc2c(c1)Oc1cccc3c1N2c1cc2ccccc2c2c1B3N(c1ccc3sc4ccccc4c3c1)c1cc3ccccc3cc1-2. The third kappa shape index (κ3) is 3.37. The van der Waals surface area contributed by atoms with Gasteiger partial charge in [-0.25, -0.2) is 0 Å². The first-order valence-corrected chi connectivity index (χ1v) is 17.6. The van der Waals surface area contributed by atoms with Crippen molar-refractivity contribution in [2.75, 3.05) is 9.71 Å². The average Bonchev–Trinajstić information content (AvgIpc) is 3.53. The molecule has 4 heterocycles. The first-order chi connectivity index (χ1) is 24.3. The van der Waals surface area contributed by atoms with E-state index in [1.54, 1.807) is 0 Å². The van der Waals surface area contributed by atoms with Crippen molar-refractivity contribution in [3.05, 3.63) is 152 Å². The Hall–Kier alpha value is -6.04. The van der Waals surface area contributed by atoms with Gasteiger partial charge in [0.05, 0.1) is 11.4 Å². The second kappa shape index (κ2) is 9.31. The molecule has 0 bridgehead atoms. The molecule has 3 nitrogen and oxygen atoms in total. The maximum Gasteiger partial charge on any atom is 0.333 e. The van der Waals surface area contributed by atoms with Gasteiger partial charge in [-0.05, 0) is 98.7 Å². The van der Waals surface area contributed by atoms with E-state index in [1.807, 2.05) is 11.3 Å². The van der Waals surface area contributed by atoms with E-state index in [4.69, 9.17) is 4.74 Å². The van der Waals surface area contributed by atoms with Crippen molar-refractivity contribution in [1.82, 2.24) is 0 Å². The molecule has 12 rings (SSSR count). The average molecular weight is 641 g/mol. The van der Waals surface area contributed by atoms with Gasteiger partial charge in [-0.2, -0.15) is 0 Å². The molecule has 0 unspecified atom stereocenters. The molecule has 8 aromatic carbocycles. The van der Waals surface area contributed by atoms with Gasteiger partial charge in [0.1, 0.15) is 0 Å². The predicted molar refractivity (Wildman–Crippen MR) is 208 cm³/mol. The molecular formula is C44H25BN2OS. The molecule has 49 heavy (non-hydrogen) atoms. The third-order valence-corrected chi connectivity index (χ3v) is 11.9. The molecule has 0 aliphatic carbocycles. The number of thiophene rings is 1. The van der Waals surface area contributed by atoms with Crippen LogP contribution in [0.2, 0.25) is 0 Å². The van der Waals surface area contributed by atoms with E-state index in [0.29, 0.717) is 0 Å². The number of hydrogen-bond acceptors (Lipinski definition) is 4. The van der Waals surface area contributed by atoms with Crippen LogP contribution in [-0.2, 0) is 0 Å². The number of fused-ring (bicyclic) bond motifs is 12. The van der Waals surface area contributed by atoms with E-state index in [0.717, 1.165) is 22.9 Å². The molecule has 0 amide bonds. The third-order valence-electron chi connectivity index (χ3n) is 10.7. The molecule has 0 saturated heterocycles. The number of para-hydroxylation sites is 3. The van der Waals surface area contributed by atoms with Crippen LogP contribution in [0.25, 0.3) is 52.8 Å². The molecule has 226 valence electrons. The summed E-state index contributed by atoms with van der Waals surface area (Å²) < 4.78 is 9.30. The molecule has 9 aromatic rings. The highest BCUT2D eigenvalue weighted by molar-refractivity contribution is 7.25. The van der Waals surface area contributed by atoms with Crippen LogP contribution < -0.4 is 25.4 Å². The number of rotatable bonds is 1. The second-order valence-electron chi connectivity index (χ2n) is 13.3. The number of nitrogens with zero attached hydrogens (tertiary/aromatic N) is 2. The highest BCUT2D eigenvalue weighted by Crippen LogP contribution is 2.55. The van der Waals surface area contributed by atoms with Gasteiger partial charge in [0, 0.05) is 42.8 Å². The minimum atomic E-state index is -0.0781. The lowest BCUT2D eigenvalue weighted by Gasteiger charge is -2.47. The topological polar surface area (TPSA) is 15.7 Å². The Morgan fingerprint density at radius 3 is 2.14 bits per heavy atom. The van der Waals surface area contributed by atoms with Gasteiger partial charge in [-0.1, -0.05) is 91.0 Å². The fraction of sp³-hybridized carbons (Fsp3) is 0. The Morgan fingerprint density at radius 2 is 1.22 bits per heavy atom. The fourth-order valence-electron chi connectivity index (χ4n) is 8.74. The minimum Gasteiger partial charge on any atom is -0.453 e. The van der Waals surface area contributed by atoms with E-state index in [2.05, 4.69) is 161 Å². The normalized spacial score (nSPS) is 13.8. The molecule has 0 N–H and O–H groups in total. The van der Waals surface area contributed by atoms with Gasteiger partial charge in [-0.15, -0.1) is 11.3 Å². The van der Waals surface area contributed by atoms with Crippen molar-refractivity contribution in [3.8, 4) is 22.6 Å². The van der Waals surface area contributed by atoms with Crippen molar-refractivity contribution >= 4 is 99.3 Å². The molecule has 0 radical (unpaired) electrons. The van der Waals surface area contributed by atoms with Crippen molar-refractivity contribution < 1.29 is 4.74 Å². The van der Waals surface area contributed by atoms with Gasteiger partial charge in [-0.3, -0.25) is 0 Å². The summed E-state index contributed by atoms with van der Waals surface area (Å²) in [5.74, 6) is 1.77. The molecule has 3 aliphatic heterocycles. The molecule has 0 atom stereocenters. The van der Waals surface area contributed by atoms with Crippen LogP contribution in [0.5, 0.6) is 11.5 Å². The molecule has 0 spiro atoms. The number of ether oxygens (including phenoxy) is 1. The summed E-state index contributed by atoms with van der Waals surface area (Å²) in [6.07, 6.45) is 0. The van der Waals surface area contributed by atoms with Gasteiger partial charge in [0.2, 0.25) is 0 Å². The fourth-order valence-corrected chi connectivity index (χ4v) is 9.83. The smallest absolute Gasteiger partial charge is 0.333 e. The minimum absolute atomic E-state index is 0.0781. The Bertz CT molecular complexity index is 2910. The maximum absolute atomic E-state index is 6.67. The van der Waals surface area contributed by atoms with Crippen molar-refractivity contribution in [2.24, 2.45) is 0 Å². The molecule has 0 fully saturated rings. The zero-order valence-corrected chi connectivity index (χ0v) is 27.0. The van der Waals surface area contributed by atoms with Crippen molar-refractivity contribution in [2.45, 2.75) is 0 Å². The summed E-state index contributed by atoms with van der Waals surface area (Å²) in [5.41, 5.74) is 11.0. The largest absolute Gasteiger partial charge is 0.453 e. The van der Waals surface area contributed by atoms with Crippen LogP contribution in [0.15, 0.2) is 152 Å². The molecule has 3 aliphatic rings. The van der Waals surface area contributed by atoms with Crippen LogP contribution in [-0.4, -0.2) is 6.85 Å². The summed E-state index contributed by atoms with van der Waals surface area (Å²) in [5, 5.41) is 7.61. The van der Waals surface area contributed by atoms with Crippen molar-refractivity contribution in [1.29, 1.82) is 0 Å². The molecule has 0 saturated carbocycles. The zero-order valence-electron chi connectivity index (χ0n) is 26.2. The van der Waals surface area contributed by atoms with E-state index in [1.165, 1.54) is 80.8 Å². The van der Waals surface area contributed by atoms with Crippen LogP contribution in [0, 0.1) is 0 Å². The summed E-state index contributed by atoms with van der Waals surface area (Å²) >= 11 is 1.87. The van der Waals surface area contributed by atoms with Crippen molar-refractivity contribution in [3.63, 3.8) is 0 Å². The lowest BCUT2D eigenvalue weighted by atomic mass is 9.43. The maximum atomic E-state index is 6.67. The summed E-state index contributed by atoms with van der Waals surface area (Å²) in [6, 6.07) is 55.8. The summed E-state index contributed by atoms with van der Waals surface area (Å²) in [6.45, 7) is -0.0781. The standard InChI is InChI=1S/C44H25BN2OS/c1-2-11-27-23-36-33(22-26(27)10-1)42-30-13-4-3-12-28(30)24-37-43(42)45(34-15-9-18-39-44(34)46(37)35-16-6-7-17-38(35)48-39)47(36)29-20-21-41-32(25-29)31-14-5-8-19-40(31)49-41/h1-25H. The highest BCUT2D eigenvalue weighted by atomic mass is 32.1. The first-order valence-electron chi connectivity index (χ1n) is 16.8. The van der Waals surface area contributed by atoms with Gasteiger partial charge in [0.25, 0.3) is 0 Å². The lowest BCUT2D eigenvalue weighted by Crippen LogP contribution is -2.61. The summed E-state index contributed by atoms with van der Waals surface area (Å²) in [4.78, 5) is 5.08. The Balaban J connectivity index is 1.26. The Labute approximate surface area is 286 Å². The van der Waals surface area contributed by atoms with Crippen LogP contribution in [0.4, 0.5) is 28.4 Å². The molecule has 1 aromatic heterocycles.